The van der Waals surface area contributed by atoms with Crippen LogP contribution in [0.15, 0.2) is 45.5 Å². The molecule has 4 nitrogen and oxygen atoms in total. The van der Waals surface area contributed by atoms with Gasteiger partial charge in [-0.05, 0) is 28.1 Å². The zero-order valence-corrected chi connectivity index (χ0v) is 13.7. The molecule has 1 aromatic heterocycles. The fraction of sp³-hybridized carbons (Fsp3) is 0.118. The van der Waals surface area contributed by atoms with Crippen LogP contribution in [0.4, 0.5) is 4.39 Å². The average Bonchev–Trinajstić information content (AvgIpc) is 2.85. The number of halogens is 2. The minimum Gasteiger partial charge on any atom is -0.496 e. The number of ether oxygens (including phenoxy) is 1. The number of hydrogen-bond acceptors (Lipinski definition) is 3. The van der Waals surface area contributed by atoms with E-state index in [0.717, 1.165) is 0 Å². The third-order valence-electron chi connectivity index (χ3n) is 3.54. The summed E-state index contributed by atoms with van der Waals surface area (Å²) >= 11 is 3.31. The zero-order valence-electron chi connectivity index (χ0n) is 12.1. The summed E-state index contributed by atoms with van der Waals surface area (Å²) in [5.41, 5.74) is 1.72. The third kappa shape index (κ3) is 2.70. The van der Waals surface area contributed by atoms with E-state index in [1.807, 2.05) is 0 Å². The summed E-state index contributed by atoms with van der Waals surface area (Å²) in [5, 5.41) is 9.59. The van der Waals surface area contributed by atoms with Gasteiger partial charge in [0, 0.05) is 16.7 Å². The Morgan fingerprint density at radius 2 is 2.04 bits per heavy atom. The van der Waals surface area contributed by atoms with E-state index < -0.39 is 11.8 Å². The van der Waals surface area contributed by atoms with Crippen molar-refractivity contribution in [1.29, 1.82) is 0 Å². The van der Waals surface area contributed by atoms with E-state index in [2.05, 4.69) is 15.9 Å². The average molecular weight is 379 g/mol. The van der Waals surface area contributed by atoms with Crippen molar-refractivity contribution in [1.82, 2.24) is 0 Å². The van der Waals surface area contributed by atoms with Gasteiger partial charge in [0.1, 0.15) is 17.1 Å². The topological polar surface area (TPSA) is 59.7 Å². The second kappa shape index (κ2) is 6.04. The van der Waals surface area contributed by atoms with Gasteiger partial charge < -0.3 is 14.3 Å². The second-order valence-electron chi connectivity index (χ2n) is 4.93. The van der Waals surface area contributed by atoms with Crippen LogP contribution in [0.3, 0.4) is 0 Å². The first-order chi connectivity index (χ1) is 11.0. The summed E-state index contributed by atoms with van der Waals surface area (Å²) in [6, 6.07) is 9.60. The van der Waals surface area contributed by atoms with E-state index >= 15 is 0 Å². The quantitative estimate of drug-likeness (QED) is 0.718. The summed E-state index contributed by atoms with van der Waals surface area (Å²) in [6.45, 7) is 0. The Morgan fingerprint density at radius 1 is 1.30 bits per heavy atom. The van der Waals surface area contributed by atoms with Crippen LogP contribution in [0.25, 0.3) is 22.1 Å². The minimum atomic E-state index is -0.976. The molecule has 23 heavy (non-hydrogen) atoms. The third-order valence-corrected chi connectivity index (χ3v) is 4.10. The Bertz CT molecular complexity index is 901. The van der Waals surface area contributed by atoms with Gasteiger partial charge in [-0.25, -0.2) is 4.39 Å². The van der Waals surface area contributed by atoms with Crippen LogP contribution in [0, 0.1) is 5.82 Å². The van der Waals surface area contributed by atoms with Gasteiger partial charge >= 0.3 is 5.97 Å². The van der Waals surface area contributed by atoms with E-state index in [1.54, 1.807) is 30.3 Å². The molecule has 6 heteroatoms. The van der Waals surface area contributed by atoms with Gasteiger partial charge in [-0.3, -0.25) is 4.79 Å². The fourth-order valence-corrected chi connectivity index (χ4v) is 3.15. The van der Waals surface area contributed by atoms with Gasteiger partial charge in [0.05, 0.1) is 18.9 Å². The molecular weight excluding hydrogens is 367 g/mol. The molecule has 0 atom stereocenters. The van der Waals surface area contributed by atoms with Gasteiger partial charge in [0.15, 0.2) is 4.67 Å². The smallest absolute Gasteiger partial charge is 0.307 e. The Morgan fingerprint density at radius 3 is 2.70 bits per heavy atom. The lowest BCUT2D eigenvalue weighted by Gasteiger charge is -2.07. The van der Waals surface area contributed by atoms with E-state index in [0.29, 0.717) is 38.1 Å². The standard InChI is InChI=1S/C17H12BrFO4/c1-22-12-7-6-9(8-13(20)21)16-15(12)14(17(18)23-16)10-4-2-3-5-11(10)19/h2-7H,8H2,1H3,(H,20,21). The summed E-state index contributed by atoms with van der Waals surface area (Å²) in [4.78, 5) is 11.0. The lowest BCUT2D eigenvalue weighted by molar-refractivity contribution is -0.136. The predicted molar refractivity (Wildman–Crippen MR) is 87.2 cm³/mol. The molecule has 0 saturated heterocycles. The maximum Gasteiger partial charge on any atom is 0.307 e. The summed E-state index contributed by atoms with van der Waals surface area (Å²) in [7, 11) is 1.50. The Balaban J connectivity index is 2.37. The molecule has 0 saturated carbocycles. The van der Waals surface area contributed by atoms with Crippen LogP contribution in [-0.2, 0) is 11.2 Å². The molecule has 0 aliphatic rings. The number of hydrogen-bond donors (Lipinski definition) is 1. The fourth-order valence-electron chi connectivity index (χ4n) is 2.58. The van der Waals surface area contributed by atoms with Crippen molar-refractivity contribution in [3.05, 3.63) is 52.4 Å². The van der Waals surface area contributed by atoms with Gasteiger partial charge in [0.2, 0.25) is 0 Å². The first-order valence-electron chi connectivity index (χ1n) is 6.77. The number of rotatable bonds is 4. The van der Waals surface area contributed by atoms with E-state index in [1.165, 1.54) is 13.2 Å². The minimum absolute atomic E-state index is 0.197. The highest BCUT2D eigenvalue weighted by Crippen LogP contribution is 2.44. The molecular formula is C17H12BrFO4. The van der Waals surface area contributed by atoms with Crippen molar-refractivity contribution < 1.29 is 23.4 Å². The number of fused-ring (bicyclic) bond motifs is 1. The number of carboxylic acids is 1. The normalized spacial score (nSPS) is 10.9. The van der Waals surface area contributed by atoms with Crippen molar-refractivity contribution in [2.24, 2.45) is 0 Å². The molecule has 0 aliphatic heterocycles. The molecule has 3 aromatic rings. The second-order valence-corrected chi connectivity index (χ2v) is 5.65. The van der Waals surface area contributed by atoms with Crippen molar-refractivity contribution in [3.63, 3.8) is 0 Å². The molecule has 118 valence electrons. The molecule has 0 spiro atoms. The number of carbonyl (C=O) groups is 1. The highest BCUT2D eigenvalue weighted by molar-refractivity contribution is 9.10. The summed E-state index contributed by atoms with van der Waals surface area (Å²) in [5.74, 6) is -0.889. The molecule has 1 N–H and O–H groups in total. The van der Waals surface area contributed by atoms with E-state index in [4.69, 9.17) is 14.3 Å². The van der Waals surface area contributed by atoms with Crippen LogP contribution in [0.2, 0.25) is 0 Å². The van der Waals surface area contributed by atoms with E-state index in [9.17, 15) is 9.18 Å². The molecule has 0 radical (unpaired) electrons. The number of furan rings is 1. The van der Waals surface area contributed by atoms with Crippen molar-refractivity contribution in [2.75, 3.05) is 7.11 Å². The first kappa shape index (κ1) is 15.6. The Labute approximate surface area is 139 Å². The Hall–Kier alpha value is -2.34. The van der Waals surface area contributed by atoms with Crippen LogP contribution >= 0.6 is 15.9 Å². The number of carboxylic acid groups (broad SMARTS) is 1. The number of aliphatic carboxylic acids is 1. The number of benzene rings is 2. The van der Waals surface area contributed by atoms with Gasteiger partial charge in [0.25, 0.3) is 0 Å². The highest BCUT2D eigenvalue weighted by Gasteiger charge is 2.23. The molecule has 0 bridgehead atoms. The summed E-state index contributed by atoms with van der Waals surface area (Å²) in [6.07, 6.45) is -0.197. The van der Waals surface area contributed by atoms with Gasteiger partial charge in [-0.2, -0.15) is 0 Å². The largest absolute Gasteiger partial charge is 0.496 e. The highest BCUT2D eigenvalue weighted by atomic mass is 79.9. The lowest BCUT2D eigenvalue weighted by atomic mass is 10.0. The molecule has 2 aromatic carbocycles. The van der Waals surface area contributed by atoms with Crippen molar-refractivity contribution >= 4 is 32.9 Å². The van der Waals surface area contributed by atoms with Crippen molar-refractivity contribution in [3.8, 4) is 16.9 Å². The molecule has 0 amide bonds. The zero-order chi connectivity index (χ0) is 16.6. The maximum absolute atomic E-state index is 14.2. The molecule has 0 unspecified atom stereocenters. The van der Waals surface area contributed by atoms with Gasteiger partial charge in [-0.1, -0.05) is 24.3 Å². The van der Waals surface area contributed by atoms with E-state index in [-0.39, 0.29) is 6.42 Å². The van der Waals surface area contributed by atoms with Crippen LogP contribution in [0.5, 0.6) is 5.75 Å². The number of methoxy groups -OCH3 is 1. The summed E-state index contributed by atoms with van der Waals surface area (Å²) < 4.78 is 25.6. The molecule has 3 rings (SSSR count). The molecule has 1 heterocycles. The molecule has 0 fully saturated rings. The SMILES string of the molecule is COc1ccc(CC(=O)O)c2oc(Br)c(-c3ccccc3F)c12. The van der Waals surface area contributed by atoms with Crippen LogP contribution in [0.1, 0.15) is 5.56 Å². The predicted octanol–water partition coefficient (Wildman–Crippen LogP) is 4.64. The van der Waals surface area contributed by atoms with Gasteiger partial charge in [-0.15, -0.1) is 0 Å². The first-order valence-corrected chi connectivity index (χ1v) is 7.56. The monoisotopic (exact) mass is 378 g/mol. The van der Waals surface area contributed by atoms with Crippen molar-refractivity contribution in [2.45, 2.75) is 6.42 Å². The Kier molecular flexibility index (Phi) is 4.09. The van der Waals surface area contributed by atoms with Crippen LogP contribution < -0.4 is 4.74 Å². The molecule has 0 aliphatic carbocycles. The van der Waals surface area contributed by atoms with Crippen LogP contribution in [-0.4, -0.2) is 18.2 Å². The maximum atomic E-state index is 14.2. The lowest BCUT2D eigenvalue weighted by Crippen LogP contribution is -2.00.